The maximum Gasteiger partial charge on any atom is 0.257 e. The minimum atomic E-state index is -0.770. The van der Waals surface area contributed by atoms with Gasteiger partial charge in [-0.3, -0.25) is 4.79 Å². The Bertz CT molecular complexity index is 666. The van der Waals surface area contributed by atoms with E-state index in [1.807, 2.05) is 12.1 Å². The zero-order valence-electron chi connectivity index (χ0n) is 12.0. The third-order valence-corrected chi connectivity index (χ3v) is 5.91. The Morgan fingerprint density at radius 1 is 1.36 bits per heavy atom. The minimum absolute atomic E-state index is 0.0364. The van der Waals surface area contributed by atoms with Gasteiger partial charge in [-0.25, -0.2) is 0 Å². The lowest BCUT2D eigenvalue weighted by Gasteiger charge is -2.47. The number of benzene rings is 1. The molecule has 2 fully saturated rings. The summed E-state index contributed by atoms with van der Waals surface area (Å²) in [6, 6.07) is 6.08. The Labute approximate surface area is 143 Å². The minimum Gasteiger partial charge on any atom is -0.490 e. The van der Waals surface area contributed by atoms with Crippen molar-refractivity contribution < 1.29 is 9.53 Å². The van der Waals surface area contributed by atoms with Crippen LogP contribution in [-0.2, 0) is 15.7 Å². The van der Waals surface area contributed by atoms with Gasteiger partial charge >= 0.3 is 0 Å². The second-order valence-electron chi connectivity index (χ2n) is 6.23. The van der Waals surface area contributed by atoms with E-state index in [4.69, 9.17) is 17.0 Å². The van der Waals surface area contributed by atoms with Crippen molar-refractivity contribution in [3.05, 3.63) is 29.3 Å². The molecule has 116 valence electrons. The molecule has 1 amide bonds. The van der Waals surface area contributed by atoms with Crippen LogP contribution in [0.25, 0.3) is 0 Å². The summed E-state index contributed by atoms with van der Waals surface area (Å²) < 4.78 is 6.23. The summed E-state index contributed by atoms with van der Waals surface area (Å²) in [7, 11) is 0. The molecule has 1 saturated carbocycles. The molecule has 3 unspecified atom stereocenters. The smallest absolute Gasteiger partial charge is 0.257 e. The third kappa shape index (κ3) is 1.93. The highest BCUT2D eigenvalue weighted by Crippen LogP contribution is 2.49. The highest BCUT2D eigenvalue weighted by Gasteiger charge is 2.58. The average Bonchev–Trinajstić information content (AvgIpc) is 2.83. The largest absolute Gasteiger partial charge is 0.490 e. The van der Waals surface area contributed by atoms with Crippen LogP contribution in [0.3, 0.4) is 0 Å². The van der Waals surface area contributed by atoms with Crippen molar-refractivity contribution >= 4 is 39.2 Å². The molecule has 2 N–H and O–H groups in total. The molecule has 3 aliphatic rings. The summed E-state index contributed by atoms with van der Waals surface area (Å²) in [6.07, 6.45) is 4.33. The zero-order chi connectivity index (χ0) is 15.3. The molecule has 3 atom stereocenters. The van der Waals surface area contributed by atoms with E-state index in [1.54, 1.807) is 0 Å². The van der Waals surface area contributed by atoms with Crippen LogP contribution in [0.15, 0.2) is 18.2 Å². The summed E-state index contributed by atoms with van der Waals surface area (Å²) >= 11 is 8.73. The lowest BCUT2D eigenvalue weighted by molar-refractivity contribution is -0.130. The maximum absolute atomic E-state index is 12.9. The molecule has 4 nitrogen and oxygen atoms in total. The quantitative estimate of drug-likeness (QED) is 0.580. The van der Waals surface area contributed by atoms with E-state index in [0.29, 0.717) is 5.11 Å². The molecule has 1 aliphatic carbocycles. The monoisotopic (exact) mass is 380 g/mol. The van der Waals surface area contributed by atoms with Gasteiger partial charge < -0.3 is 15.4 Å². The Hall–Kier alpha value is -1.14. The van der Waals surface area contributed by atoms with E-state index in [-0.39, 0.29) is 17.9 Å². The fraction of sp³-hybridized carbons (Fsp3) is 0.500. The van der Waals surface area contributed by atoms with E-state index in [9.17, 15) is 4.79 Å². The van der Waals surface area contributed by atoms with Crippen molar-refractivity contribution in [3.8, 4) is 5.75 Å². The summed E-state index contributed by atoms with van der Waals surface area (Å²) in [6.45, 7) is 0. The standard InChI is InChI=1S/C16H17BrN2O2S/c17-8-9-5-6-13-11(7-9)16(14(20)18-15(22)19-16)10-3-1-2-4-12(10)21-13/h5-7,10,12H,1-4,8H2,(H2,18,19,20,22). The van der Waals surface area contributed by atoms with Gasteiger partial charge in [0.1, 0.15) is 11.9 Å². The van der Waals surface area contributed by atoms with Gasteiger partial charge in [-0.15, -0.1) is 0 Å². The Morgan fingerprint density at radius 3 is 2.91 bits per heavy atom. The summed E-state index contributed by atoms with van der Waals surface area (Å²) in [4.78, 5) is 12.9. The molecule has 1 aromatic carbocycles. The van der Waals surface area contributed by atoms with Gasteiger partial charge in [0.15, 0.2) is 10.7 Å². The number of fused-ring (bicyclic) bond motifs is 4. The molecule has 22 heavy (non-hydrogen) atoms. The second-order valence-corrected chi connectivity index (χ2v) is 7.20. The van der Waals surface area contributed by atoms with Crippen LogP contribution in [-0.4, -0.2) is 17.1 Å². The highest BCUT2D eigenvalue weighted by atomic mass is 79.9. The number of halogens is 1. The molecule has 4 rings (SSSR count). The fourth-order valence-corrected chi connectivity index (χ4v) is 4.69. The number of thiocarbonyl (C=S) groups is 1. The Balaban J connectivity index is 1.92. The molecule has 2 aliphatic heterocycles. The molecular weight excluding hydrogens is 364 g/mol. The molecule has 6 heteroatoms. The lowest BCUT2D eigenvalue weighted by atomic mass is 9.67. The lowest BCUT2D eigenvalue weighted by Crippen LogP contribution is -2.58. The van der Waals surface area contributed by atoms with Crippen LogP contribution in [0, 0.1) is 5.92 Å². The number of alkyl halides is 1. The van der Waals surface area contributed by atoms with Crippen molar-refractivity contribution in [2.75, 3.05) is 0 Å². The van der Waals surface area contributed by atoms with Gasteiger partial charge in [0, 0.05) is 16.8 Å². The maximum atomic E-state index is 12.9. The summed E-state index contributed by atoms with van der Waals surface area (Å²) in [5.41, 5.74) is 1.28. The van der Waals surface area contributed by atoms with Gasteiger partial charge in [0.05, 0.1) is 0 Å². The van der Waals surface area contributed by atoms with Crippen molar-refractivity contribution in [1.29, 1.82) is 0 Å². The first-order valence-electron chi connectivity index (χ1n) is 7.65. The molecule has 0 radical (unpaired) electrons. The number of carbonyl (C=O) groups excluding carboxylic acids is 1. The molecule has 1 saturated heterocycles. The molecule has 1 aromatic rings. The predicted octanol–water partition coefficient (Wildman–Crippen LogP) is 2.73. The first-order chi connectivity index (χ1) is 10.6. The normalized spacial score (nSPS) is 32.8. The topological polar surface area (TPSA) is 50.4 Å². The first kappa shape index (κ1) is 14.5. The van der Waals surface area contributed by atoms with Gasteiger partial charge in [-0.2, -0.15) is 0 Å². The van der Waals surface area contributed by atoms with Crippen LogP contribution < -0.4 is 15.4 Å². The van der Waals surface area contributed by atoms with Gasteiger partial charge in [-0.05, 0) is 49.2 Å². The summed E-state index contributed by atoms with van der Waals surface area (Å²) in [5.74, 6) is 0.894. The number of ether oxygens (including phenoxy) is 1. The zero-order valence-corrected chi connectivity index (χ0v) is 14.4. The molecular formula is C16H17BrN2O2S. The molecule has 2 heterocycles. The Kier molecular flexibility index (Phi) is 3.42. The fourth-order valence-electron chi connectivity index (χ4n) is 4.09. The highest BCUT2D eigenvalue weighted by molar-refractivity contribution is 9.08. The number of hydrogen-bond acceptors (Lipinski definition) is 3. The van der Waals surface area contributed by atoms with E-state index < -0.39 is 5.54 Å². The predicted molar refractivity (Wildman–Crippen MR) is 91.0 cm³/mol. The number of carbonyl (C=O) groups is 1. The number of nitrogens with one attached hydrogen (secondary N) is 2. The van der Waals surface area contributed by atoms with Crippen LogP contribution in [0.5, 0.6) is 5.75 Å². The van der Waals surface area contributed by atoms with Crippen LogP contribution in [0.1, 0.15) is 36.8 Å². The second kappa shape index (κ2) is 5.20. The SMILES string of the molecule is O=C1NC(=S)NC12c1cc(CBr)ccc1OC1CCCCC12. The van der Waals surface area contributed by atoms with E-state index in [1.165, 1.54) is 0 Å². The van der Waals surface area contributed by atoms with Crippen molar-refractivity contribution in [3.63, 3.8) is 0 Å². The number of rotatable bonds is 1. The number of hydrogen-bond donors (Lipinski definition) is 2. The van der Waals surface area contributed by atoms with E-state index in [0.717, 1.165) is 47.9 Å². The van der Waals surface area contributed by atoms with Crippen molar-refractivity contribution in [2.24, 2.45) is 5.92 Å². The van der Waals surface area contributed by atoms with E-state index >= 15 is 0 Å². The Morgan fingerprint density at radius 2 is 2.18 bits per heavy atom. The third-order valence-electron chi connectivity index (χ3n) is 5.06. The van der Waals surface area contributed by atoms with Gasteiger partial charge in [0.25, 0.3) is 5.91 Å². The van der Waals surface area contributed by atoms with Crippen molar-refractivity contribution in [1.82, 2.24) is 10.6 Å². The van der Waals surface area contributed by atoms with Crippen LogP contribution >= 0.6 is 28.1 Å². The molecule has 0 aromatic heterocycles. The van der Waals surface area contributed by atoms with E-state index in [2.05, 4.69) is 32.6 Å². The van der Waals surface area contributed by atoms with Crippen LogP contribution in [0.2, 0.25) is 0 Å². The van der Waals surface area contributed by atoms with Gasteiger partial charge in [0.2, 0.25) is 0 Å². The molecule has 1 spiro atoms. The average molecular weight is 381 g/mol. The first-order valence-corrected chi connectivity index (χ1v) is 9.18. The molecule has 0 bridgehead atoms. The number of amides is 1. The van der Waals surface area contributed by atoms with Gasteiger partial charge in [-0.1, -0.05) is 28.4 Å². The van der Waals surface area contributed by atoms with Crippen molar-refractivity contribution in [2.45, 2.75) is 42.7 Å². The van der Waals surface area contributed by atoms with Crippen LogP contribution in [0.4, 0.5) is 0 Å². The summed E-state index contributed by atoms with van der Waals surface area (Å²) in [5, 5.41) is 7.27.